The minimum Gasteiger partial charge on any atom is -0.356 e. The molecule has 1 aliphatic carbocycles. The minimum absolute atomic E-state index is 0.161. The third-order valence-corrected chi connectivity index (χ3v) is 3.67. The molecule has 2 atom stereocenters. The van der Waals surface area contributed by atoms with Gasteiger partial charge in [-0.25, -0.2) is 4.68 Å². The summed E-state index contributed by atoms with van der Waals surface area (Å²) < 4.78 is 8.30. The fourth-order valence-electron chi connectivity index (χ4n) is 2.20. The summed E-state index contributed by atoms with van der Waals surface area (Å²) in [6, 6.07) is 0. The molecule has 3 nitrogen and oxygen atoms in total. The number of rotatable bonds is 1. The Morgan fingerprint density at radius 1 is 1.40 bits per heavy atom. The van der Waals surface area contributed by atoms with Crippen LogP contribution in [0.2, 0.25) is 0 Å². The molecule has 1 fully saturated rings. The van der Waals surface area contributed by atoms with Gasteiger partial charge < -0.3 is 4.74 Å². The number of alkyl halides is 1. The van der Waals surface area contributed by atoms with Gasteiger partial charge in [0.05, 0.1) is 15.5 Å². The van der Waals surface area contributed by atoms with Crippen molar-refractivity contribution in [2.24, 2.45) is 0 Å². The Labute approximate surface area is 102 Å². The maximum absolute atomic E-state index is 5.75. The van der Waals surface area contributed by atoms with Crippen molar-refractivity contribution in [3.05, 3.63) is 16.8 Å². The summed E-state index contributed by atoms with van der Waals surface area (Å²) >= 11 is 2.42. The topological polar surface area (TPSA) is 27.1 Å². The van der Waals surface area contributed by atoms with Crippen molar-refractivity contribution in [3.63, 3.8) is 0 Å². The van der Waals surface area contributed by atoms with Gasteiger partial charge in [0, 0.05) is 11.8 Å². The van der Waals surface area contributed by atoms with Crippen LogP contribution in [0.1, 0.15) is 25.5 Å². The first-order valence-corrected chi connectivity index (χ1v) is 6.62. The zero-order valence-electron chi connectivity index (χ0n) is 8.40. The summed E-state index contributed by atoms with van der Waals surface area (Å²) in [7, 11) is 0. The molecule has 4 heteroatoms. The maximum atomic E-state index is 5.75. The average Bonchev–Trinajstić information content (AvgIpc) is 2.77. The number of fused-ring (bicyclic) bond motifs is 1. The number of hydrogen-bond donors (Lipinski definition) is 0. The standard InChI is InChI=1S/C11H13IN2O/c12-9-5-8-7-13-14(10(8)6-9)11-3-1-2-4-15-11/h5-7,9,11H,1-4H2. The van der Waals surface area contributed by atoms with Crippen LogP contribution in [-0.4, -0.2) is 20.3 Å². The molecule has 1 saturated heterocycles. The van der Waals surface area contributed by atoms with Crippen LogP contribution < -0.4 is 10.6 Å². The third-order valence-electron chi connectivity index (χ3n) is 2.95. The summed E-state index contributed by atoms with van der Waals surface area (Å²) in [4.78, 5) is 0. The second-order valence-electron chi connectivity index (χ2n) is 4.03. The Balaban J connectivity index is 2.00. The van der Waals surface area contributed by atoms with Gasteiger partial charge in [-0.1, -0.05) is 28.7 Å². The molecule has 0 aromatic carbocycles. The summed E-state index contributed by atoms with van der Waals surface area (Å²) in [6.07, 6.45) is 10.1. The van der Waals surface area contributed by atoms with Crippen molar-refractivity contribution < 1.29 is 4.74 Å². The van der Waals surface area contributed by atoms with Crippen LogP contribution in [0.15, 0.2) is 6.20 Å². The van der Waals surface area contributed by atoms with E-state index >= 15 is 0 Å². The summed E-state index contributed by atoms with van der Waals surface area (Å²) in [5.41, 5.74) is 0. The molecule has 1 aromatic rings. The fraction of sp³-hybridized carbons (Fsp3) is 0.545. The molecule has 2 unspecified atom stereocenters. The molecule has 1 aromatic heterocycles. The molecular weight excluding hydrogens is 303 g/mol. The van der Waals surface area contributed by atoms with Crippen LogP contribution in [0, 0.1) is 0 Å². The second kappa shape index (κ2) is 3.90. The van der Waals surface area contributed by atoms with Gasteiger partial charge in [-0.05, 0) is 25.3 Å². The molecule has 0 N–H and O–H groups in total. The van der Waals surface area contributed by atoms with Gasteiger partial charge in [0.25, 0.3) is 0 Å². The second-order valence-corrected chi connectivity index (χ2v) is 5.47. The van der Waals surface area contributed by atoms with E-state index in [-0.39, 0.29) is 6.23 Å². The zero-order chi connectivity index (χ0) is 10.3. The molecule has 0 spiro atoms. The highest BCUT2D eigenvalue weighted by Gasteiger charge is 2.18. The summed E-state index contributed by atoms with van der Waals surface area (Å²) in [5.74, 6) is 0. The van der Waals surface area contributed by atoms with Gasteiger partial charge in [0.1, 0.15) is 0 Å². The normalized spacial score (nSPS) is 29.4. The number of halogens is 1. The first kappa shape index (κ1) is 9.84. The molecule has 0 amide bonds. The van der Waals surface area contributed by atoms with Crippen molar-refractivity contribution in [2.45, 2.75) is 29.4 Å². The van der Waals surface area contributed by atoms with E-state index in [1.54, 1.807) is 0 Å². The van der Waals surface area contributed by atoms with Gasteiger partial charge in [0.15, 0.2) is 6.23 Å². The summed E-state index contributed by atoms with van der Waals surface area (Å²) in [6.45, 7) is 0.872. The van der Waals surface area contributed by atoms with Gasteiger partial charge in [0.2, 0.25) is 0 Å². The van der Waals surface area contributed by atoms with E-state index in [1.165, 1.54) is 23.4 Å². The predicted molar refractivity (Wildman–Crippen MR) is 67.1 cm³/mol. The quantitative estimate of drug-likeness (QED) is 0.570. The van der Waals surface area contributed by atoms with E-state index in [1.807, 2.05) is 10.9 Å². The molecule has 80 valence electrons. The molecule has 2 aliphatic rings. The number of nitrogens with zero attached hydrogens (tertiary/aromatic N) is 2. The van der Waals surface area contributed by atoms with E-state index in [2.05, 4.69) is 39.8 Å². The monoisotopic (exact) mass is 316 g/mol. The van der Waals surface area contributed by atoms with Gasteiger partial charge >= 0.3 is 0 Å². The van der Waals surface area contributed by atoms with Crippen LogP contribution in [-0.2, 0) is 4.74 Å². The molecule has 0 bridgehead atoms. The smallest absolute Gasteiger partial charge is 0.150 e. The van der Waals surface area contributed by atoms with Crippen LogP contribution in [0.25, 0.3) is 12.2 Å². The largest absolute Gasteiger partial charge is 0.356 e. The van der Waals surface area contributed by atoms with Crippen molar-refractivity contribution in [1.29, 1.82) is 0 Å². The highest BCUT2D eigenvalue weighted by molar-refractivity contribution is 14.1. The third kappa shape index (κ3) is 1.73. The molecule has 3 rings (SSSR count). The lowest BCUT2D eigenvalue weighted by molar-refractivity contribution is -0.0412. The molecule has 0 saturated carbocycles. The lowest BCUT2D eigenvalue weighted by Crippen LogP contribution is -2.32. The van der Waals surface area contributed by atoms with Crippen molar-refractivity contribution in [2.75, 3.05) is 6.61 Å². The number of aromatic nitrogens is 2. The Bertz CT molecular complexity index is 473. The van der Waals surface area contributed by atoms with Gasteiger partial charge in [-0.3, -0.25) is 0 Å². The zero-order valence-corrected chi connectivity index (χ0v) is 10.6. The van der Waals surface area contributed by atoms with Gasteiger partial charge in [-0.2, -0.15) is 5.10 Å². The molecule has 0 radical (unpaired) electrons. The van der Waals surface area contributed by atoms with E-state index in [9.17, 15) is 0 Å². The lowest BCUT2D eigenvalue weighted by Gasteiger charge is -2.22. The Morgan fingerprint density at radius 2 is 2.33 bits per heavy atom. The average molecular weight is 316 g/mol. The Kier molecular flexibility index (Phi) is 2.56. The first-order chi connectivity index (χ1) is 7.34. The van der Waals surface area contributed by atoms with Crippen LogP contribution in [0.3, 0.4) is 0 Å². The van der Waals surface area contributed by atoms with E-state index in [0.717, 1.165) is 13.0 Å². The van der Waals surface area contributed by atoms with Crippen LogP contribution in [0.4, 0.5) is 0 Å². The fourth-order valence-corrected chi connectivity index (χ4v) is 2.93. The van der Waals surface area contributed by atoms with Gasteiger partial charge in [-0.15, -0.1) is 0 Å². The maximum Gasteiger partial charge on any atom is 0.150 e. The lowest BCUT2D eigenvalue weighted by atomic mass is 10.2. The molecule has 15 heavy (non-hydrogen) atoms. The summed E-state index contributed by atoms with van der Waals surface area (Å²) in [5, 5.41) is 6.91. The highest BCUT2D eigenvalue weighted by atomic mass is 127. The number of ether oxygens (including phenoxy) is 1. The molecule has 2 heterocycles. The first-order valence-electron chi connectivity index (χ1n) is 5.37. The Hall–Kier alpha value is -0.360. The predicted octanol–water partition coefficient (Wildman–Crippen LogP) is 0.960. The van der Waals surface area contributed by atoms with Crippen LogP contribution in [0.5, 0.6) is 0 Å². The SMILES string of the molecule is IC1C=c2cnn(C3CCCCO3)c2=C1. The Morgan fingerprint density at radius 3 is 3.13 bits per heavy atom. The van der Waals surface area contributed by atoms with Crippen molar-refractivity contribution in [3.8, 4) is 0 Å². The minimum atomic E-state index is 0.161. The molecular formula is C11H13IN2O. The van der Waals surface area contributed by atoms with E-state index < -0.39 is 0 Å². The van der Waals surface area contributed by atoms with E-state index in [4.69, 9.17) is 4.74 Å². The van der Waals surface area contributed by atoms with Crippen LogP contribution >= 0.6 is 22.6 Å². The number of hydrogen-bond acceptors (Lipinski definition) is 2. The molecule has 1 aliphatic heterocycles. The van der Waals surface area contributed by atoms with Crippen molar-refractivity contribution in [1.82, 2.24) is 9.78 Å². The highest BCUT2D eigenvalue weighted by Crippen LogP contribution is 2.20. The van der Waals surface area contributed by atoms with Crippen molar-refractivity contribution >= 4 is 34.7 Å². The van der Waals surface area contributed by atoms with E-state index in [0.29, 0.717) is 3.92 Å².